The fourth-order valence-corrected chi connectivity index (χ4v) is 4.74. The van der Waals surface area contributed by atoms with E-state index >= 15 is 0 Å². The summed E-state index contributed by atoms with van der Waals surface area (Å²) in [6.07, 6.45) is 12.0. The van der Waals surface area contributed by atoms with Gasteiger partial charge in [0, 0.05) is 23.2 Å². The molecule has 0 aliphatic carbocycles. The van der Waals surface area contributed by atoms with Gasteiger partial charge in [-0.05, 0) is 82.1 Å². The van der Waals surface area contributed by atoms with Crippen molar-refractivity contribution in [3.05, 3.63) is 53.0 Å². The van der Waals surface area contributed by atoms with E-state index < -0.39 is 11.7 Å². The van der Waals surface area contributed by atoms with Crippen molar-refractivity contribution in [2.24, 2.45) is 0 Å². The molecule has 2 aromatic rings. The predicted molar refractivity (Wildman–Crippen MR) is 179 cm³/mol. The maximum absolute atomic E-state index is 12.5. The second-order valence-corrected chi connectivity index (χ2v) is 12.8. The van der Waals surface area contributed by atoms with Crippen molar-refractivity contribution in [2.75, 3.05) is 37.7 Å². The molecule has 2 aromatic carbocycles. The zero-order valence-corrected chi connectivity index (χ0v) is 28.6. The number of halogens is 1. The Balaban J connectivity index is 0.000000362. The Hall–Kier alpha value is -2.74. The summed E-state index contributed by atoms with van der Waals surface area (Å²) in [5.41, 5.74) is 0.257. The third-order valence-electron chi connectivity index (χ3n) is 6.87. The first-order valence-corrected chi connectivity index (χ1v) is 16.8. The second-order valence-electron chi connectivity index (χ2n) is 11.9. The number of unbranched alkanes of at least 4 members (excludes halogenated alkanes) is 8. The molecule has 8 heteroatoms. The van der Waals surface area contributed by atoms with Crippen LogP contribution in [0.25, 0.3) is 0 Å². The van der Waals surface area contributed by atoms with Crippen LogP contribution in [0, 0.1) is 0 Å². The average molecular weight is 662 g/mol. The van der Waals surface area contributed by atoms with Gasteiger partial charge in [-0.3, -0.25) is 9.69 Å². The van der Waals surface area contributed by atoms with Crippen molar-refractivity contribution in [1.82, 2.24) is 4.90 Å². The minimum atomic E-state index is -0.566. The number of anilines is 1. The number of hydrogen-bond acceptors (Lipinski definition) is 5. The van der Waals surface area contributed by atoms with E-state index in [-0.39, 0.29) is 12.5 Å². The summed E-state index contributed by atoms with van der Waals surface area (Å²) >= 11 is 3.40. The number of nitrogens with zero attached hydrogens (tertiary/aromatic N) is 2. The lowest BCUT2D eigenvalue weighted by Crippen LogP contribution is -2.53. The maximum Gasteiger partial charge on any atom is 0.410 e. The Labute approximate surface area is 268 Å². The van der Waals surface area contributed by atoms with Crippen LogP contribution in [0.3, 0.4) is 0 Å². The van der Waals surface area contributed by atoms with Gasteiger partial charge in [-0.2, -0.15) is 0 Å². The lowest BCUT2D eigenvalue weighted by molar-refractivity contribution is -0.121. The molecule has 2 amide bonds. The van der Waals surface area contributed by atoms with Crippen molar-refractivity contribution in [1.29, 1.82) is 0 Å². The van der Waals surface area contributed by atoms with Crippen LogP contribution in [0.5, 0.6) is 11.5 Å². The van der Waals surface area contributed by atoms with Crippen LogP contribution in [0.4, 0.5) is 10.5 Å². The standard InChI is InChI=1S/C22H34N2O4.C13H19BrO/c1-5-6-7-8-9-16-27-19-12-10-18(11-13-19)24-15-14-23(17-20(24)25)21(26)28-22(2,3)4;1-2-3-4-5-6-11-15-13-9-7-12(14)8-10-13/h10-13H,5-9,14-17H2,1-4H3;7-10H,2-6,11H2,1H3. The van der Waals surface area contributed by atoms with Gasteiger partial charge in [0.15, 0.2) is 0 Å². The average Bonchev–Trinajstić information content (AvgIpc) is 2.97. The Morgan fingerprint density at radius 1 is 0.744 bits per heavy atom. The molecular formula is C35H53BrN2O5. The van der Waals surface area contributed by atoms with Crippen molar-refractivity contribution in [2.45, 2.75) is 104 Å². The molecule has 0 unspecified atom stereocenters. The molecule has 0 bridgehead atoms. The third-order valence-corrected chi connectivity index (χ3v) is 7.40. The van der Waals surface area contributed by atoms with E-state index in [1.54, 1.807) is 4.90 Å². The molecule has 0 radical (unpaired) electrons. The van der Waals surface area contributed by atoms with Crippen molar-refractivity contribution in [3.8, 4) is 11.5 Å². The number of carbonyl (C=O) groups excluding carboxylic acids is 2. The van der Waals surface area contributed by atoms with Crippen LogP contribution in [0.2, 0.25) is 0 Å². The molecule has 0 saturated carbocycles. The summed E-state index contributed by atoms with van der Waals surface area (Å²) in [6.45, 7) is 12.4. The molecule has 0 spiro atoms. The summed E-state index contributed by atoms with van der Waals surface area (Å²) in [7, 11) is 0. The summed E-state index contributed by atoms with van der Waals surface area (Å²) in [4.78, 5) is 27.8. The molecule has 0 aromatic heterocycles. The van der Waals surface area contributed by atoms with Crippen LogP contribution in [0.1, 0.15) is 98.8 Å². The number of amides is 2. The lowest BCUT2D eigenvalue weighted by Gasteiger charge is -2.35. The van der Waals surface area contributed by atoms with E-state index in [0.717, 1.165) is 47.7 Å². The summed E-state index contributed by atoms with van der Waals surface area (Å²) in [5.74, 6) is 1.68. The van der Waals surface area contributed by atoms with Gasteiger partial charge in [-0.25, -0.2) is 4.79 Å². The number of piperazine rings is 1. The molecule has 0 atom stereocenters. The normalized spacial score (nSPS) is 13.3. The first-order valence-electron chi connectivity index (χ1n) is 16.0. The van der Waals surface area contributed by atoms with Gasteiger partial charge in [0.1, 0.15) is 23.6 Å². The zero-order valence-electron chi connectivity index (χ0n) is 27.0. The first kappa shape index (κ1) is 36.5. The van der Waals surface area contributed by atoms with Crippen LogP contribution in [-0.4, -0.2) is 55.3 Å². The molecule has 7 nitrogen and oxygen atoms in total. The molecule has 43 heavy (non-hydrogen) atoms. The van der Waals surface area contributed by atoms with Crippen LogP contribution >= 0.6 is 15.9 Å². The van der Waals surface area contributed by atoms with Gasteiger partial charge >= 0.3 is 6.09 Å². The fourth-order valence-electron chi connectivity index (χ4n) is 4.47. The van der Waals surface area contributed by atoms with Crippen LogP contribution in [0.15, 0.2) is 53.0 Å². The van der Waals surface area contributed by atoms with Crippen LogP contribution in [-0.2, 0) is 9.53 Å². The van der Waals surface area contributed by atoms with Gasteiger partial charge in [-0.1, -0.05) is 81.1 Å². The largest absolute Gasteiger partial charge is 0.494 e. The maximum atomic E-state index is 12.5. The van der Waals surface area contributed by atoms with E-state index in [9.17, 15) is 9.59 Å². The van der Waals surface area contributed by atoms with E-state index in [0.29, 0.717) is 13.1 Å². The number of rotatable bonds is 15. The molecule has 1 aliphatic heterocycles. The summed E-state index contributed by atoms with van der Waals surface area (Å²) in [6, 6.07) is 15.6. The third kappa shape index (κ3) is 15.5. The minimum absolute atomic E-state index is 0.0327. The quantitative estimate of drug-likeness (QED) is 0.178. The summed E-state index contributed by atoms with van der Waals surface area (Å²) < 4.78 is 17.8. The van der Waals surface area contributed by atoms with Crippen molar-refractivity contribution < 1.29 is 23.8 Å². The molecular weight excluding hydrogens is 608 g/mol. The summed E-state index contributed by atoms with van der Waals surface area (Å²) in [5, 5.41) is 0. The molecule has 1 saturated heterocycles. The molecule has 0 N–H and O–H groups in total. The van der Waals surface area contributed by atoms with Gasteiger partial charge in [0.05, 0.1) is 13.2 Å². The monoisotopic (exact) mass is 660 g/mol. The highest BCUT2D eigenvalue weighted by Gasteiger charge is 2.30. The predicted octanol–water partition coefficient (Wildman–Crippen LogP) is 9.42. The van der Waals surface area contributed by atoms with Gasteiger partial charge in [0.25, 0.3) is 0 Å². The fraction of sp³-hybridized carbons (Fsp3) is 0.600. The first-order chi connectivity index (χ1) is 20.6. The molecule has 1 heterocycles. The van der Waals surface area contributed by atoms with Gasteiger partial charge < -0.3 is 19.1 Å². The number of benzene rings is 2. The number of ether oxygens (including phenoxy) is 3. The smallest absolute Gasteiger partial charge is 0.410 e. The molecule has 1 fully saturated rings. The number of hydrogen-bond donors (Lipinski definition) is 0. The Morgan fingerprint density at radius 2 is 1.23 bits per heavy atom. The Morgan fingerprint density at radius 3 is 1.70 bits per heavy atom. The van der Waals surface area contributed by atoms with Gasteiger partial charge in [-0.15, -0.1) is 0 Å². The van der Waals surface area contributed by atoms with Crippen molar-refractivity contribution >= 4 is 33.6 Å². The number of carbonyl (C=O) groups is 2. The highest BCUT2D eigenvalue weighted by molar-refractivity contribution is 9.10. The Bertz CT molecular complexity index is 1050. The minimum Gasteiger partial charge on any atom is -0.494 e. The SMILES string of the molecule is CCCCCCCOc1ccc(Br)cc1.CCCCCCCOc1ccc(N2CCN(C(=O)OC(C)(C)C)CC2=O)cc1. The van der Waals surface area contributed by atoms with E-state index in [4.69, 9.17) is 14.2 Å². The van der Waals surface area contributed by atoms with E-state index in [1.165, 1.54) is 56.3 Å². The zero-order chi connectivity index (χ0) is 31.5. The lowest BCUT2D eigenvalue weighted by atomic mass is 10.2. The second kappa shape index (κ2) is 20.3. The molecule has 1 aliphatic rings. The Kier molecular flexibility index (Phi) is 17.2. The van der Waals surface area contributed by atoms with E-state index in [2.05, 4.69) is 29.8 Å². The van der Waals surface area contributed by atoms with Crippen molar-refractivity contribution in [3.63, 3.8) is 0 Å². The topological polar surface area (TPSA) is 68.3 Å². The van der Waals surface area contributed by atoms with Gasteiger partial charge in [0.2, 0.25) is 5.91 Å². The van der Waals surface area contributed by atoms with Crippen LogP contribution < -0.4 is 14.4 Å². The molecule has 3 rings (SSSR count). The molecule has 240 valence electrons. The highest BCUT2D eigenvalue weighted by atomic mass is 79.9. The van der Waals surface area contributed by atoms with E-state index in [1.807, 2.05) is 69.3 Å². The highest BCUT2D eigenvalue weighted by Crippen LogP contribution is 2.23.